The maximum Gasteiger partial charge on any atom is 0.107 e. The van der Waals surface area contributed by atoms with Crippen LogP contribution in [0.4, 0.5) is 0 Å². The van der Waals surface area contributed by atoms with E-state index < -0.39 is 0 Å². The fraction of sp³-hybridized carbons (Fsp3) is 0.800. The Hall–Kier alpha value is -0.380. The maximum atomic E-state index is 5.77. The van der Waals surface area contributed by atoms with Crippen molar-refractivity contribution in [2.24, 2.45) is 5.73 Å². The van der Waals surface area contributed by atoms with Gasteiger partial charge in [0.25, 0.3) is 0 Å². The molecule has 3 nitrogen and oxygen atoms in total. The zero-order chi connectivity index (χ0) is 9.68. The third-order valence-corrected chi connectivity index (χ3v) is 2.10. The molecule has 13 heavy (non-hydrogen) atoms. The Morgan fingerprint density at radius 1 is 1.77 bits per heavy atom. The van der Waals surface area contributed by atoms with Crippen LogP contribution in [0.5, 0.6) is 0 Å². The third-order valence-electron chi connectivity index (χ3n) is 2.10. The first kappa shape index (κ1) is 10.7. The van der Waals surface area contributed by atoms with Crippen LogP contribution in [-0.4, -0.2) is 25.0 Å². The fourth-order valence-electron chi connectivity index (χ4n) is 1.31. The average Bonchev–Trinajstić information content (AvgIpc) is 2.86. The summed E-state index contributed by atoms with van der Waals surface area (Å²) in [6.45, 7) is 6.59. The van der Waals surface area contributed by atoms with E-state index in [-0.39, 0.29) is 18.4 Å². The van der Waals surface area contributed by atoms with Crippen molar-refractivity contribution in [3.63, 3.8) is 0 Å². The zero-order valence-corrected chi connectivity index (χ0v) is 8.24. The van der Waals surface area contributed by atoms with Crippen molar-refractivity contribution < 1.29 is 9.47 Å². The number of rotatable bonds is 7. The first-order chi connectivity index (χ1) is 6.27. The molecule has 0 aromatic heterocycles. The molecule has 1 fully saturated rings. The SMILES string of the molecule is C=CCC(OC(N)CCC)C1CO1. The van der Waals surface area contributed by atoms with Gasteiger partial charge in [-0.2, -0.15) is 0 Å². The van der Waals surface area contributed by atoms with E-state index in [0.29, 0.717) is 0 Å². The van der Waals surface area contributed by atoms with E-state index >= 15 is 0 Å². The summed E-state index contributed by atoms with van der Waals surface area (Å²) in [7, 11) is 0. The van der Waals surface area contributed by atoms with Gasteiger partial charge in [0, 0.05) is 0 Å². The molecule has 3 heteroatoms. The van der Waals surface area contributed by atoms with Crippen LogP contribution in [0.2, 0.25) is 0 Å². The lowest BCUT2D eigenvalue weighted by atomic mass is 10.2. The van der Waals surface area contributed by atoms with Gasteiger partial charge in [-0.3, -0.25) is 0 Å². The van der Waals surface area contributed by atoms with E-state index in [0.717, 1.165) is 25.9 Å². The smallest absolute Gasteiger partial charge is 0.107 e. The molecule has 0 radical (unpaired) electrons. The van der Waals surface area contributed by atoms with E-state index in [2.05, 4.69) is 13.5 Å². The van der Waals surface area contributed by atoms with Gasteiger partial charge in [0.2, 0.25) is 0 Å². The molecule has 76 valence electrons. The Bertz CT molecular complexity index is 157. The molecule has 2 N–H and O–H groups in total. The Morgan fingerprint density at radius 3 is 2.92 bits per heavy atom. The summed E-state index contributed by atoms with van der Waals surface area (Å²) < 4.78 is 10.8. The van der Waals surface area contributed by atoms with Crippen molar-refractivity contribution in [2.45, 2.75) is 44.6 Å². The van der Waals surface area contributed by atoms with E-state index in [9.17, 15) is 0 Å². The van der Waals surface area contributed by atoms with Gasteiger partial charge in [-0.1, -0.05) is 19.4 Å². The van der Waals surface area contributed by atoms with Gasteiger partial charge in [-0.25, -0.2) is 0 Å². The van der Waals surface area contributed by atoms with Gasteiger partial charge in [0.1, 0.15) is 12.3 Å². The monoisotopic (exact) mass is 185 g/mol. The number of nitrogens with two attached hydrogens (primary N) is 1. The van der Waals surface area contributed by atoms with Gasteiger partial charge in [-0.15, -0.1) is 6.58 Å². The van der Waals surface area contributed by atoms with Gasteiger partial charge >= 0.3 is 0 Å². The molecule has 0 aromatic rings. The Labute approximate surface area is 79.9 Å². The lowest BCUT2D eigenvalue weighted by Crippen LogP contribution is -2.32. The topological polar surface area (TPSA) is 47.8 Å². The molecular formula is C10H19NO2. The standard InChI is InChI=1S/C10H19NO2/c1-3-5-8(9-7-12-9)13-10(11)6-4-2/h3,8-10H,1,4-7,11H2,2H3. The second kappa shape index (κ2) is 5.37. The minimum Gasteiger partial charge on any atom is -0.370 e. The van der Waals surface area contributed by atoms with Crippen LogP contribution in [0.3, 0.4) is 0 Å². The van der Waals surface area contributed by atoms with Crippen molar-refractivity contribution in [1.29, 1.82) is 0 Å². The molecule has 1 rings (SSSR count). The van der Waals surface area contributed by atoms with Crippen LogP contribution in [0.1, 0.15) is 26.2 Å². The summed E-state index contributed by atoms with van der Waals surface area (Å²) in [5, 5.41) is 0. The van der Waals surface area contributed by atoms with E-state index in [4.69, 9.17) is 15.2 Å². The summed E-state index contributed by atoms with van der Waals surface area (Å²) in [5.41, 5.74) is 5.77. The van der Waals surface area contributed by atoms with Crippen LogP contribution >= 0.6 is 0 Å². The minimum atomic E-state index is -0.154. The van der Waals surface area contributed by atoms with E-state index in [1.165, 1.54) is 0 Å². The molecular weight excluding hydrogens is 166 g/mol. The molecule has 0 spiro atoms. The first-order valence-corrected chi connectivity index (χ1v) is 4.91. The highest BCUT2D eigenvalue weighted by molar-refractivity contribution is 4.86. The summed E-state index contributed by atoms with van der Waals surface area (Å²) in [5.74, 6) is 0. The van der Waals surface area contributed by atoms with Gasteiger partial charge in [-0.05, 0) is 12.8 Å². The highest BCUT2D eigenvalue weighted by Crippen LogP contribution is 2.21. The quantitative estimate of drug-likeness (QED) is 0.371. The van der Waals surface area contributed by atoms with Crippen LogP contribution < -0.4 is 5.73 Å². The molecule has 1 heterocycles. The lowest BCUT2D eigenvalue weighted by Gasteiger charge is -2.19. The summed E-state index contributed by atoms with van der Waals surface area (Å²) in [4.78, 5) is 0. The molecule has 3 atom stereocenters. The number of hydrogen-bond acceptors (Lipinski definition) is 3. The van der Waals surface area contributed by atoms with Crippen LogP contribution in [0, 0.1) is 0 Å². The second-order valence-corrected chi connectivity index (χ2v) is 3.40. The highest BCUT2D eigenvalue weighted by Gasteiger charge is 2.33. The molecule has 0 saturated carbocycles. The van der Waals surface area contributed by atoms with Gasteiger partial charge < -0.3 is 15.2 Å². The fourth-order valence-corrected chi connectivity index (χ4v) is 1.31. The minimum absolute atomic E-state index is 0.110. The Balaban J connectivity index is 2.23. The van der Waals surface area contributed by atoms with E-state index in [1.54, 1.807) is 0 Å². The van der Waals surface area contributed by atoms with Crippen molar-refractivity contribution in [3.05, 3.63) is 12.7 Å². The average molecular weight is 185 g/mol. The van der Waals surface area contributed by atoms with Gasteiger partial charge in [0.15, 0.2) is 0 Å². The van der Waals surface area contributed by atoms with Crippen LogP contribution in [0.15, 0.2) is 12.7 Å². The normalized spacial score (nSPS) is 25.2. The van der Waals surface area contributed by atoms with Gasteiger partial charge in [0.05, 0.1) is 12.7 Å². The maximum absolute atomic E-state index is 5.77. The lowest BCUT2D eigenvalue weighted by molar-refractivity contribution is -0.0246. The third kappa shape index (κ3) is 3.89. The molecule has 1 aliphatic heterocycles. The molecule has 3 unspecified atom stereocenters. The van der Waals surface area contributed by atoms with Crippen molar-refractivity contribution in [1.82, 2.24) is 0 Å². The predicted molar refractivity (Wildman–Crippen MR) is 52.3 cm³/mol. The zero-order valence-electron chi connectivity index (χ0n) is 8.24. The molecule has 1 aliphatic rings. The second-order valence-electron chi connectivity index (χ2n) is 3.40. The van der Waals surface area contributed by atoms with Crippen LogP contribution in [-0.2, 0) is 9.47 Å². The Morgan fingerprint density at radius 2 is 2.46 bits per heavy atom. The van der Waals surface area contributed by atoms with E-state index in [1.807, 2.05) is 6.08 Å². The molecule has 1 saturated heterocycles. The van der Waals surface area contributed by atoms with Crippen LogP contribution in [0.25, 0.3) is 0 Å². The van der Waals surface area contributed by atoms with Crippen molar-refractivity contribution in [2.75, 3.05) is 6.61 Å². The number of epoxide rings is 1. The highest BCUT2D eigenvalue weighted by atomic mass is 16.6. The summed E-state index contributed by atoms with van der Waals surface area (Å²) in [6.07, 6.45) is 4.83. The Kier molecular flexibility index (Phi) is 4.42. The van der Waals surface area contributed by atoms with Crippen molar-refractivity contribution in [3.8, 4) is 0 Å². The number of ether oxygens (including phenoxy) is 2. The molecule has 0 aliphatic carbocycles. The first-order valence-electron chi connectivity index (χ1n) is 4.91. The largest absolute Gasteiger partial charge is 0.370 e. The van der Waals surface area contributed by atoms with Crippen molar-refractivity contribution >= 4 is 0 Å². The summed E-state index contributed by atoms with van der Waals surface area (Å²) >= 11 is 0. The number of hydrogen-bond donors (Lipinski definition) is 1. The molecule has 0 amide bonds. The predicted octanol–water partition coefficient (Wildman–Crippen LogP) is 1.43. The molecule has 0 bridgehead atoms. The molecule has 0 aromatic carbocycles. The summed E-state index contributed by atoms with van der Waals surface area (Å²) in [6, 6.07) is 0.